The topological polar surface area (TPSA) is 88.1 Å². The third kappa shape index (κ3) is 8.51. The second kappa shape index (κ2) is 12.3. The Bertz CT molecular complexity index is 499. The Morgan fingerprint density at radius 3 is 2.40 bits per heavy atom. The summed E-state index contributed by atoms with van der Waals surface area (Å²) in [6.07, 6.45) is 2.45. The van der Waals surface area contributed by atoms with Gasteiger partial charge in [-0.3, -0.25) is 9.59 Å². The maximum absolute atomic E-state index is 12.1. The van der Waals surface area contributed by atoms with Crippen LogP contribution in [0.5, 0.6) is 5.75 Å². The Morgan fingerprint density at radius 1 is 1.28 bits per heavy atom. The molecule has 1 aliphatic heterocycles. The van der Waals surface area contributed by atoms with E-state index in [1.165, 1.54) is 0 Å². The predicted molar refractivity (Wildman–Crippen MR) is 94.9 cm³/mol. The van der Waals surface area contributed by atoms with Gasteiger partial charge < -0.3 is 24.8 Å². The van der Waals surface area contributed by atoms with Crippen LogP contribution in [0.1, 0.15) is 18.4 Å². The number of rotatable bonds is 7. The molecule has 140 valence electrons. The van der Waals surface area contributed by atoms with Gasteiger partial charge >= 0.3 is 0 Å². The van der Waals surface area contributed by atoms with E-state index in [2.05, 4.69) is 10.2 Å². The molecule has 1 aromatic carbocycles. The Hall–Kier alpha value is -2.12. The van der Waals surface area contributed by atoms with Crippen molar-refractivity contribution >= 4 is 12.4 Å². The Balaban J connectivity index is 0.000000970. The molecule has 1 fully saturated rings. The minimum Gasteiger partial charge on any atom is -0.497 e. The number of carbonyl (C=O) groups excluding carboxylic acids is 1. The van der Waals surface area contributed by atoms with E-state index in [-0.39, 0.29) is 12.4 Å². The first kappa shape index (κ1) is 20.9. The molecule has 1 aromatic rings. The van der Waals surface area contributed by atoms with Gasteiger partial charge in [-0.2, -0.15) is 0 Å². The summed E-state index contributed by atoms with van der Waals surface area (Å²) in [5.74, 6) is 0.910. The lowest BCUT2D eigenvalue weighted by Crippen LogP contribution is -2.45. The van der Waals surface area contributed by atoms with Crippen LogP contribution < -0.4 is 10.1 Å². The Morgan fingerprint density at radius 2 is 1.88 bits per heavy atom. The average Bonchev–Trinajstić information content (AvgIpc) is 2.62. The smallest absolute Gasteiger partial charge is 0.290 e. The van der Waals surface area contributed by atoms with Crippen LogP contribution in [0, 0.1) is 0 Å². The number of carboxylic acid groups (broad SMARTS) is 1. The molecular weight excluding hydrogens is 324 g/mol. The van der Waals surface area contributed by atoms with Crippen molar-refractivity contribution in [3.05, 3.63) is 29.8 Å². The summed E-state index contributed by atoms with van der Waals surface area (Å²) in [4.78, 5) is 22.9. The number of ether oxygens (including phenoxy) is 2. The lowest BCUT2D eigenvalue weighted by molar-refractivity contribution is -0.123. The van der Waals surface area contributed by atoms with Crippen LogP contribution in [0.15, 0.2) is 24.3 Å². The van der Waals surface area contributed by atoms with Crippen molar-refractivity contribution in [3.63, 3.8) is 0 Å². The van der Waals surface area contributed by atoms with Gasteiger partial charge in [-0.05, 0) is 30.5 Å². The summed E-state index contributed by atoms with van der Waals surface area (Å²) in [7, 11) is 3.37. The first-order chi connectivity index (χ1) is 12.1. The molecule has 1 aliphatic rings. The lowest BCUT2D eigenvalue weighted by Gasteiger charge is -2.32. The number of amides is 1. The third-order valence-corrected chi connectivity index (χ3v) is 4.09. The normalized spacial score (nSPS) is 15.0. The number of nitrogens with one attached hydrogen (secondary N) is 1. The van der Waals surface area contributed by atoms with Gasteiger partial charge in [-0.25, -0.2) is 0 Å². The molecule has 7 nitrogen and oxygen atoms in total. The summed E-state index contributed by atoms with van der Waals surface area (Å²) < 4.78 is 10.2. The van der Waals surface area contributed by atoms with Crippen molar-refractivity contribution < 1.29 is 24.2 Å². The molecule has 7 heteroatoms. The van der Waals surface area contributed by atoms with Gasteiger partial charge in [0.1, 0.15) is 5.75 Å². The van der Waals surface area contributed by atoms with Crippen LogP contribution in [-0.4, -0.2) is 68.9 Å². The molecule has 1 saturated heterocycles. The summed E-state index contributed by atoms with van der Waals surface area (Å²) in [5.41, 5.74) is 1.01. The second-order valence-corrected chi connectivity index (χ2v) is 5.81. The number of hydrogen-bond acceptors (Lipinski definition) is 5. The molecule has 1 amide bonds. The summed E-state index contributed by atoms with van der Waals surface area (Å²) in [6, 6.07) is 7.94. The van der Waals surface area contributed by atoms with E-state index in [4.69, 9.17) is 19.4 Å². The van der Waals surface area contributed by atoms with Crippen molar-refractivity contribution in [1.29, 1.82) is 0 Å². The maximum atomic E-state index is 12.1. The number of nitrogens with zero attached hydrogens (tertiary/aromatic N) is 1. The standard InChI is InChI=1S/C17H26N2O3.CH2O2/c1-21-12-11-19-9-7-15(8-10-19)18-17(20)13-14-3-5-16(22-2)6-4-14;2-1-3/h3-6,15H,7-13H2,1-2H3,(H,18,20);1H,(H,2,3). The van der Waals surface area contributed by atoms with Gasteiger partial charge in [-0.15, -0.1) is 0 Å². The summed E-state index contributed by atoms with van der Waals surface area (Å²) >= 11 is 0. The van der Waals surface area contributed by atoms with Crippen LogP contribution in [0.2, 0.25) is 0 Å². The van der Waals surface area contributed by atoms with Crippen molar-refractivity contribution in [3.8, 4) is 5.75 Å². The zero-order chi connectivity index (χ0) is 18.5. The van der Waals surface area contributed by atoms with E-state index in [1.807, 2.05) is 24.3 Å². The van der Waals surface area contributed by atoms with Gasteiger partial charge in [0.15, 0.2) is 0 Å². The van der Waals surface area contributed by atoms with Crippen molar-refractivity contribution in [2.24, 2.45) is 0 Å². The predicted octanol–water partition coefficient (Wildman–Crippen LogP) is 1.17. The monoisotopic (exact) mass is 352 g/mol. The quantitative estimate of drug-likeness (QED) is 0.716. The number of hydrogen-bond donors (Lipinski definition) is 2. The van der Waals surface area contributed by atoms with E-state index in [0.29, 0.717) is 12.5 Å². The largest absolute Gasteiger partial charge is 0.497 e. The molecule has 25 heavy (non-hydrogen) atoms. The SMILES string of the molecule is COCCN1CCC(NC(=O)Cc2ccc(OC)cc2)CC1.O=CO. The molecule has 0 spiro atoms. The van der Waals surface area contributed by atoms with Crippen molar-refractivity contribution in [2.75, 3.05) is 40.5 Å². The molecule has 0 bridgehead atoms. The van der Waals surface area contributed by atoms with E-state index in [9.17, 15) is 4.79 Å². The van der Waals surface area contributed by atoms with E-state index in [0.717, 1.165) is 50.4 Å². The van der Waals surface area contributed by atoms with Gasteiger partial charge in [-0.1, -0.05) is 12.1 Å². The molecule has 0 saturated carbocycles. The molecule has 0 aromatic heterocycles. The molecule has 1 heterocycles. The average molecular weight is 352 g/mol. The highest BCUT2D eigenvalue weighted by Crippen LogP contribution is 2.13. The minimum absolute atomic E-state index is 0.0977. The molecule has 2 N–H and O–H groups in total. The van der Waals surface area contributed by atoms with Gasteiger partial charge in [0.25, 0.3) is 6.47 Å². The highest BCUT2D eigenvalue weighted by molar-refractivity contribution is 5.78. The summed E-state index contributed by atoms with van der Waals surface area (Å²) in [6.45, 7) is 3.55. The van der Waals surface area contributed by atoms with E-state index in [1.54, 1.807) is 14.2 Å². The fourth-order valence-corrected chi connectivity index (χ4v) is 2.73. The van der Waals surface area contributed by atoms with Gasteiger partial charge in [0.2, 0.25) is 5.91 Å². The van der Waals surface area contributed by atoms with Gasteiger partial charge in [0.05, 0.1) is 20.1 Å². The van der Waals surface area contributed by atoms with Gasteiger partial charge in [0, 0.05) is 32.8 Å². The van der Waals surface area contributed by atoms with E-state index >= 15 is 0 Å². The van der Waals surface area contributed by atoms with Crippen LogP contribution in [0.3, 0.4) is 0 Å². The number of benzene rings is 1. The number of carbonyl (C=O) groups is 2. The Labute approximate surface area is 148 Å². The Kier molecular flexibility index (Phi) is 10.3. The fourth-order valence-electron chi connectivity index (χ4n) is 2.73. The van der Waals surface area contributed by atoms with Crippen molar-refractivity contribution in [2.45, 2.75) is 25.3 Å². The van der Waals surface area contributed by atoms with Crippen molar-refractivity contribution in [1.82, 2.24) is 10.2 Å². The third-order valence-electron chi connectivity index (χ3n) is 4.09. The molecule has 0 aliphatic carbocycles. The zero-order valence-electron chi connectivity index (χ0n) is 14.9. The van der Waals surface area contributed by atoms with Crippen LogP contribution >= 0.6 is 0 Å². The first-order valence-corrected chi connectivity index (χ1v) is 8.34. The number of piperidine rings is 1. The number of likely N-dealkylation sites (tertiary alicyclic amines) is 1. The first-order valence-electron chi connectivity index (χ1n) is 8.34. The highest BCUT2D eigenvalue weighted by atomic mass is 16.5. The second-order valence-electron chi connectivity index (χ2n) is 5.81. The molecular formula is C18H28N2O5. The molecule has 0 atom stereocenters. The lowest BCUT2D eigenvalue weighted by atomic mass is 10.0. The molecule has 2 rings (SSSR count). The molecule has 0 radical (unpaired) electrons. The summed E-state index contributed by atoms with van der Waals surface area (Å²) in [5, 5.41) is 10.0. The number of methoxy groups -OCH3 is 2. The molecule has 0 unspecified atom stereocenters. The van der Waals surface area contributed by atoms with Crippen LogP contribution in [0.25, 0.3) is 0 Å². The van der Waals surface area contributed by atoms with Crippen LogP contribution in [0.4, 0.5) is 0 Å². The highest BCUT2D eigenvalue weighted by Gasteiger charge is 2.20. The maximum Gasteiger partial charge on any atom is 0.290 e. The van der Waals surface area contributed by atoms with Crippen LogP contribution in [-0.2, 0) is 20.7 Å². The fraction of sp³-hybridized carbons (Fsp3) is 0.556. The van der Waals surface area contributed by atoms with E-state index < -0.39 is 0 Å². The zero-order valence-corrected chi connectivity index (χ0v) is 14.9. The minimum atomic E-state index is -0.250.